The second kappa shape index (κ2) is 8.48. The van der Waals surface area contributed by atoms with Crippen molar-refractivity contribution in [2.45, 2.75) is 45.6 Å². The summed E-state index contributed by atoms with van der Waals surface area (Å²) < 4.78 is 5.27. The molecule has 0 radical (unpaired) electrons. The molecule has 0 saturated carbocycles. The minimum absolute atomic E-state index is 0.0714. The van der Waals surface area contributed by atoms with Crippen LogP contribution in [0, 0.1) is 0 Å². The lowest BCUT2D eigenvalue weighted by Gasteiger charge is -2.11. The van der Waals surface area contributed by atoms with Crippen LogP contribution in [-0.2, 0) is 24.1 Å². The third kappa shape index (κ3) is 4.66. The molecule has 0 fully saturated rings. The van der Waals surface area contributed by atoms with Crippen LogP contribution in [-0.4, -0.2) is 22.7 Å². The average molecular weight is 316 g/mol. The first-order chi connectivity index (χ1) is 11.2. The Morgan fingerprint density at radius 2 is 2.00 bits per heavy atom. The van der Waals surface area contributed by atoms with Gasteiger partial charge in [0.25, 0.3) is 0 Å². The minimum atomic E-state index is -0.565. The molecule has 2 rings (SSSR count). The maximum absolute atomic E-state index is 12.1. The van der Waals surface area contributed by atoms with E-state index in [1.54, 1.807) is 0 Å². The molecule has 2 N–H and O–H groups in total. The summed E-state index contributed by atoms with van der Waals surface area (Å²) in [7, 11) is 0. The van der Waals surface area contributed by atoms with Gasteiger partial charge in [0.1, 0.15) is 5.76 Å². The van der Waals surface area contributed by atoms with Gasteiger partial charge in [-0.1, -0.05) is 49.3 Å². The molecular weight excluding hydrogens is 292 g/mol. The van der Waals surface area contributed by atoms with E-state index in [1.165, 1.54) is 0 Å². The van der Waals surface area contributed by atoms with Crippen molar-refractivity contribution in [3.05, 3.63) is 52.9 Å². The molecule has 0 aliphatic carbocycles. The number of aromatic nitrogens is 1. The molecule has 1 amide bonds. The summed E-state index contributed by atoms with van der Waals surface area (Å²) >= 11 is 0. The molecule has 1 unspecified atom stereocenters. The smallest absolute Gasteiger partial charge is 0.224 e. The average Bonchev–Trinajstić information content (AvgIpc) is 2.97. The van der Waals surface area contributed by atoms with Crippen molar-refractivity contribution < 1.29 is 14.4 Å². The summed E-state index contributed by atoms with van der Waals surface area (Å²) in [5.41, 5.74) is 2.61. The van der Waals surface area contributed by atoms with Gasteiger partial charge in [0.2, 0.25) is 5.91 Å². The molecule has 124 valence electrons. The highest BCUT2D eigenvalue weighted by Gasteiger charge is 2.16. The summed E-state index contributed by atoms with van der Waals surface area (Å²) in [4.78, 5) is 12.1. The fourth-order valence-corrected chi connectivity index (χ4v) is 2.55. The predicted molar refractivity (Wildman–Crippen MR) is 88.0 cm³/mol. The van der Waals surface area contributed by atoms with Crippen LogP contribution in [0.15, 0.2) is 34.9 Å². The van der Waals surface area contributed by atoms with Crippen molar-refractivity contribution in [2.75, 3.05) is 6.54 Å². The number of aryl methyl sites for hydroxylation is 2. The van der Waals surface area contributed by atoms with E-state index in [0.717, 1.165) is 35.4 Å². The molecule has 0 spiro atoms. The van der Waals surface area contributed by atoms with Crippen molar-refractivity contribution in [1.82, 2.24) is 10.5 Å². The summed E-state index contributed by atoms with van der Waals surface area (Å²) in [5, 5.41) is 16.9. The van der Waals surface area contributed by atoms with Crippen molar-refractivity contribution in [3.8, 4) is 0 Å². The van der Waals surface area contributed by atoms with E-state index in [1.807, 2.05) is 44.2 Å². The number of hydrogen-bond acceptors (Lipinski definition) is 4. The van der Waals surface area contributed by atoms with Gasteiger partial charge in [-0.2, -0.15) is 0 Å². The Hall–Kier alpha value is -2.14. The zero-order chi connectivity index (χ0) is 16.7. The second-order valence-electron chi connectivity index (χ2n) is 5.48. The Kier molecular flexibility index (Phi) is 6.35. The van der Waals surface area contributed by atoms with Gasteiger partial charge in [-0.25, -0.2) is 0 Å². The normalized spacial score (nSPS) is 12.1. The number of carbonyl (C=O) groups excluding carboxylic acids is 1. The lowest BCUT2D eigenvalue weighted by atomic mass is 10.1. The largest absolute Gasteiger partial charge is 0.388 e. The Balaban J connectivity index is 1.83. The highest BCUT2D eigenvalue weighted by Crippen LogP contribution is 2.17. The number of carbonyl (C=O) groups is 1. The van der Waals surface area contributed by atoms with E-state index in [9.17, 15) is 9.90 Å². The minimum Gasteiger partial charge on any atom is -0.388 e. The van der Waals surface area contributed by atoms with Gasteiger partial charge < -0.3 is 14.9 Å². The van der Waals surface area contributed by atoms with Crippen LogP contribution in [0.4, 0.5) is 0 Å². The zero-order valence-electron chi connectivity index (χ0n) is 13.7. The first kappa shape index (κ1) is 17.2. The van der Waals surface area contributed by atoms with Gasteiger partial charge in [0, 0.05) is 18.5 Å². The van der Waals surface area contributed by atoms with E-state index in [0.29, 0.717) is 13.0 Å². The summed E-state index contributed by atoms with van der Waals surface area (Å²) in [5.74, 6) is 0.708. The lowest BCUT2D eigenvalue weighted by molar-refractivity contribution is -0.120. The molecule has 23 heavy (non-hydrogen) atoms. The van der Waals surface area contributed by atoms with E-state index < -0.39 is 6.10 Å². The van der Waals surface area contributed by atoms with Gasteiger partial charge in [-0.15, -0.1) is 0 Å². The quantitative estimate of drug-likeness (QED) is 0.785. The Morgan fingerprint density at radius 1 is 1.26 bits per heavy atom. The molecule has 0 aliphatic heterocycles. The number of nitrogens with zero attached hydrogens (tertiary/aromatic N) is 1. The van der Waals surface area contributed by atoms with E-state index >= 15 is 0 Å². The number of aliphatic hydroxyl groups excluding tert-OH is 1. The molecule has 0 bridgehead atoms. The van der Waals surface area contributed by atoms with Gasteiger partial charge in [-0.05, 0) is 18.4 Å². The topological polar surface area (TPSA) is 75.4 Å². The fraction of sp³-hybridized carbons (Fsp3) is 0.444. The molecule has 2 aromatic rings. The van der Waals surface area contributed by atoms with Gasteiger partial charge in [-0.3, -0.25) is 4.79 Å². The Morgan fingerprint density at radius 3 is 2.65 bits per heavy atom. The SMILES string of the molecule is CCc1noc(CC)c1CC(=O)NCCC(O)c1ccccc1. The Bertz CT molecular complexity index is 601. The molecule has 5 heteroatoms. The molecule has 5 nitrogen and oxygen atoms in total. The lowest BCUT2D eigenvalue weighted by Crippen LogP contribution is -2.27. The number of nitrogens with one attached hydrogen (secondary N) is 1. The van der Waals surface area contributed by atoms with Crippen LogP contribution in [0.3, 0.4) is 0 Å². The number of hydrogen-bond donors (Lipinski definition) is 2. The fourth-order valence-electron chi connectivity index (χ4n) is 2.55. The number of rotatable bonds is 8. The van der Waals surface area contributed by atoms with Crippen LogP contribution in [0.1, 0.15) is 49.0 Å². The maximum Gasteiger partial charge on any atom is 0.224 e. The molecule has 0 saturated heterocycles. The van der Waals surface area contributed by atoms with Crippen molar-refractivity contribution in [1.29, 1.82) is 0 Å². The van der Waals surface area contributed by atoms with E-state index in [4.69, 9.17) is 4.52 Å². The molecule has 1 aromatic carbocycles. The van der Waals surface area contributed by atoms with Gasteiger partial charge >= 0.3 is 0 Å². The first-order valence-electron chi connectivity index (χ1n) is 8.11. The van der Waals surface area contributed by atoms with Crippen LogP contribution < -0.4 is 5.32 Å². The Labute approximate surface area is 136 Å². The van der Waals surface area contributed by atoms with Crippen LogP contribution in [0.25, 0.3) is 0 Å². The van der Waals surface area contributed by atoms with Crippen LogP contribution in [0.2, 0.25) is 0 Å². The molecule has 1 heterocycles. The summed E-state index contributed by atoms with van der Waals surface area (Å²) in [6.45, 7) is 4.41. The van der Waals surface area contributed by atoms with Crippen LogP contribution >= 0.6 is 0 Å². The third-order valence-corrected chi connectivity index (χ3v) is 3.87. The number of aliphatic hydroxyl groups is 1. The maximum atomic E-state index is 12.1. The molecule has 0 aliphatic rings. The van der Waals surface area contributed by atoms with E-state index in [2.05, 4.69) is 10.5 Å². The summed E-state index contributed by atoms with van der Waals surface area (Å²) in [6, 6.07) is 9.45. The van der Waals surface area contributed by atoms with Gasteiger partial charge in [0.05, 0.1) is 18.2 Å². The first-order valence-corrected chi connectivity index (χ1v) is 8.11. The monoisotopic (exact) mass is 316 g/mol. The molecule has 1 atom stereocenters. The number of benzene rings is 1. The molecule has 1 aromatic heterocycles. The van der Waals surface area contributed by atoms with E-state index in [-0.39, 0.29) is 12.3 Å². The van der Waals surface area contributed by atoms with Crippen LogP contribution in [0.5, 0.6) is 0 Å². The molecular formula is C18H24N2O3. The second-order valence-corrected chi connectivity index (χ2v) is 5.48. The standard InChI is InChI=1S/C18H24N2O3/c1-3-15-14(17(4-2)23-20-15)12-18(22)19-11-10-16(21)13-8-6-5-7-9-13/h5-9,16,21H,3-4,10-12H2,1-2H3,(H,19,22). The van der Waals surface area contributed by atoms with Crippen molar-refractivity contribution in [3.63, 3.8) is 0 Å². The zero-order valence-corrected chi connectivity index (χ0v) is 13.7. The third-order valence-electron chi connectivity index (χ3n) is 3.87. The highest BCUT2D eigenvalue weighted by molar-refractivity contribution is 5.79. The highest BCUT2D eigenvalue weighted by atomic mass is 16.5. The number of amides is 1. The van der Waals surface area contributed by atoms with Crippen molar-refractivity contribution >= 4 is 5.91 Å². The predicted octanol–water partition coefficient (Wildman–Crippen LogP) is 2.58. The van der Waals surface area contributed by atoms with Gasteiger partial charge in [0.15, 0.2) is 0 Å². The van der Waals surface area contributed by atoms with Crippen molar-refractivity contribution in [2.24, 2.45) is 0 Å². The summed E-state index contributed by atoms with van der Waals surface area (Å²) in [6.07, 6.45) is 1.67.